The lowest BCUT2D eigenvalue weighted by Gasteiger charge is -2.13. The molecule has 0 amide bonds. The van der Waals surface area contributed by atoms with Crippen molar-refractivity contribution in [3.05, 3.63) is 0 Å². The molecule has 1 aliphatic rings. The highest BCUT2D eigenvalue weighted by molar-refractivity contribution is 4.77. The summed E-state index contributed by atoms with van der Waals surface area (Å²) in [6, 6.07) is 0.635. The summed E-state index contributed by atoms with van der Waals surface area (Å²) in [5.74, 6) is 0.999. The van der Waals surface area contributed by atoms with E-state index in [0.717, 1.165) is 19.0 Å². The molecule has 0 radical (unpaired) electrons. The Bertz CT molecular complexity index is 99.7. The van der Waals surface area contributed by atoms with Gasteiger partial charge in [0.05, 0.1) is 0 Å². The fourth-order valence-electron chi connectivity index (χ4n) is 1.12. The molecular formula is C9H20N2. The fraction of sp³-hybridized carbons (Fsp3) is 1.00. The van der Waals surface area contributed by atoms with Gasteiger partial charge in [-0.05, 0) is 38.8 Å². The van der Waals surface area contributed by atoms with E-state index in [-0.39, 0.29) is 0 Å². The number of likely N-dealkylation sites (N-methyl/N-ethyl adjacent to an activating group) is 1. The van der Waals surface area contributed by atoms with E-state index < -0.39 is 0 Å². The molecule has 1 saturated carbocycles. The summed E-state index contributed by atoms with van der Waals surface area (Å²) >= 11 is 0. The van der Waals surface area contributed by atoms with E-state index in [9.17, 15) is 0 Å². The Kier molecular flexibility index (Phi) is 3.87. The van der Waals surface area contributed by atoms with Crippen LogP contribution in [0.3, 0.4) is 0 Å². The third-order valence-electron chi connectivity index (χ3n) is 2.15. The summed E-state index contributed by atoms with van der Waals surface area (Å²) in [5.41, 5.74) is 0. The van der Waals surface area contributed by atoms with E-state index in [1.807, 2.05) is 0 Å². The standard InChI is InChI=1S/C9H20N2/c1-3-10-6-8(2)11-7-9-4-5-9/h8-11H,3-7H2,1-2H3. The van der Waals surface area contributed by atoms with Gasteiger partial charge in [-0.2, -0.15) is 0 Å². The van der Waals surface area contributed by atoms with Gasteiger partial charge in [0.2, 0.25) is 0 Å². The van der Waals surface area contributed by atoms with Crippen molar-refractivity contribution in [2.24, 2.45) is 5.92 Å². The van der Waals surface area contributed by atoms with Crippen molar-refractivity contribution in [2.45, 2.75) is 32.7 Å². The summed E-state index contributed by atoms with van der Waals surface area (Å²) in [4.78, 5) is 0. The van der Waals surface area contributed by atoms with Crippen LogP contribution in [0.25, 0.3) is 0 Å². The van der Waals surface area contributed by atoms with Gasteiger partial charge in [-0.3, -0.25) is 0 Å². The van der Waals surface area contributed by atoms with Crippen molar-refractivity contribution in [2.75, 3.05) is 19.6 Å². The molecule has 0 saturated heterocycles. The van der Waals surface area contributed by atoms with E-state index in [4.69, 9.17) is 0 Å². The van der Waals surface area contributed by atoms with Crippen LogP contribution in [-0.2, 0) is 0 Å². The molecule has 1 rings (SSSR count). The minimum atomic E-state index is 0.635. The van der Waals surface area contributed by atoms with E-state index in [0.29, 0.717) is 6.04 Å². The largest absolute Gasteiger partial charge is 0.315 e. The maximum absolute atomic E-state index is 3.52. The highest BCUT2D eigenvalue weighted by atomic mass is 15.0. The summed E-state index contributed by atoms with van der Waals surface area (Å²) in [6.45, 7) is 7.80. The molecule has 2 nitrogen and oxygen atoms in total. The zero-order valence-electron chi connectivity index (χ0n) is 7.69. The summed E-state index contributed by atoms with van der Waals surface area (Å²) in [5, 5.41) is 6.85. The molecule has 2 heteroatoms. The third-order valence-corrected chi connectivity index (χ3v) is 2.15. The molecule has 0 aromatic carbocycles. The Hall–Kier alpha value is -0.0800. The first kappa shape index (κ1) is 9.01. The predicted octanol–water partition coefficient (Wildman–Crippen LogP) is 0.984. The van der Waals surface area contributed by atoms with Crippen molar-refractivity contribution in [1.82, 2.24) is 10.6 Å². The number of nitrogens with one attached hydrogen (secondary N) is 2. The smallest absolute Gasteiger partial charge is 0.0164 e. The normalized spacial score (nSPS) is 20.2. The monoisotopic (exact) mass is 156 g/mol. The molecule has 1 atom stereocenters. The van der Waals surface area contributed by atoms with Gasteiger partial charge in [0.15, 0.2) is 0 Å². The average Bonchev–Trinajstić information content (AvgIpc) is 2.80. The molecule has 66 valence electrons. The van der Waals surface area contributed by atoms with Gasteiger partial charge in [0.25, 0.3) is 0 Å². The molecule has 0 spiro atoms. The predicted molar refractivity (Wildman–Crippen MR) is 48.7 cm³/mol. The van der Waals surface area contributed by atoms with Crippen molar-refractivity contribution in [3.63, 3.8) is 0 Å². The van der Waals surface area contributed by atoms with Crippen LogP contribution in [0.2, 0.25) is 0 Å². The van der Waals surface area contributed by atoms with E-state index in [1.165, 1.54) is 19.4 Å². The lowest BCUT2D eigenvalue weighted by Crippen LogP contribution is -2.37. The van der Waals surface area contributed by atoms with Crippen molar-refractivity contribution >= 4 is 0 Å². The molecule has 2 N–H and O–H groups in total. The molecule has 0 aromatic heterocycles. The van der Waals surface area contributed by atoms with E-state index in [2.05, 4.69) is 24.5 Å². The Morgan fingerprint density at radius 2 is 2.18 bits per heavy atom. The van der Waals surface area contributed by atoms with Crippen molar-refractivity contribution in [1.29, 1.82) is 0 Å². The SMILES string of the molecule is CCNCC(C)NCC1CC1. The molecule has 1 unspecified atom stereocenters. The molecule has 11 heavy (non-hydrogen) atoms. The van der Waals surface area contributed by atoms with E-state index in [1.54, 1.807) is 0 Å². The molecule has 1 fully saturated rings. The van der Waals surface area contributed by atoms with Gasteiger partial charge in [-0.15, -0.1) is 0 Å². The van der Waals surface area contributed by atoms with Crippen LogP contribution in [0.5, 0.6) is 0 Å². The Labute approximate surface area is 69.8 Å². The van der Waals surface area contributed by atoms with Gasteiger partial charge >= 0.3 is 0 Å². The van der Waals surface area contributed by atoms with Crippen molar-refractivity contribution in [3.8, 4) is 0 Å². The number of rotatable bonds is 6. The topological polar surface area (TPSA) is 24.1 Å². The van der Waals surface area contributed by atoms with Gasteiger partial charge in [-0.1, -0.05) is 6.92 Å². The second-order valence-electron chi connectivity index (χ2n) is 3.56. The van der Waals surface area contributed by atoms with Gasteiger partial charge < -0.3 is 10.6 Å². The average molecular weight is 156 g/mol. The second-order valence-corrected chi connectivity index (χ2v) is 3.56. The Balaban J connectivity index is 1.87. The van der Waals surface area contributed by atoms with Crippen LogP contribution in [0, 0.1) is 5.92 Å². The van der Waals surface area contributed by atoms with Crippen LogP contribution in [0.1, 0.15) is 26.7 Å². The molecule has 0 bridgehead atoms. The minimum absolute atomic E-state index is 0.635. The van der Waals surface area contributed by atoms with Crippen molar-refractivity contribution < 1.29 is 0 Å². The van der Waals surface area contributed by atoms with E-state index >= 15 is 0 Å². The van der Waals surface area contributed by atoms with Crippen LogP contribution in [-0.4, -0.2) is 25.7 Å². The van der Waals surface area contributed by atoms with Crippen LogP contribution >= 0.6 is 0 Å². The van der Waals surface area contributed by atoms with Gasteiger partial charge in [0.1, 0.15) is 0 Å². The minimum Gasteiger partial charge on any atom is -0.315 e. The molecule has 1 aliphatic carbocycles. The zero-order valence-corrected chi connectivity index (χ0v) is 7.69. The summed E-state index contributed by atoms with van der Waals surface area (Å²) in [7, 11) is 0. The lowest BCUT2D eigenvalue weighted by molar-refractivity contribution is 0.496. The quantitative estimate of drug-likeness (QED) is 0.599. The highest BCUT2D eigenvalue weighted by Gasteiger charge is 2.20. The highest BCUT2D eigenvalue weighted by Crippen LogP contribution is 2.27. The fourth-order valence-corrected chi connectivity index (χ4v) is 1.12. The second kappa shape index (κ2) is 4.73. The molecular weight excluding hydrogens is 136 g/mol. The van der Waals surface area contributed by atoms with Crippen LogP contribution in [0.15, 0.2) is 0 Å². The Morgan fingerprint density at radius 1 is 1.45 bits per heavy atom. The first-order valence-corrected chi connectivity index (χ1v) is 4.77. The molecule has 0 aromatic rings. The molecule has 0 aliphatic heterocycles. The van der Waals surface area contributed by atoms with Gasteiger partial charge in [-0.25, -0.2) is 0 Å². The first-order chi connectivity index (χ1) is 5.33. The zero-order chi connectivity index (χ0) is 8.10. The third kappa shape index (κ3) is 4.38. The first-order valence-electron chi connectivity index (χ1n) is 4.77. The molecule has 0 heterocycles. The lowest BCUT2D eigenvalue weighted by atomic mass is 10.3. The summed E-state index contributed by atoms with van der Waals surface area (Å²) < 4.78 is 0. The maximum Gasteiger partial charge on any atom is 0.0164 e. The van der Waals surface area contributed by atoms with Gasteiger partial charge in [0, 0.05) is 12.6 Å². The van der Waals surface area contributed by atoms with Crippen LogP contribution < -0.4 is 10.6 Å². The number of hydrogen-bond acceptors (Lipinski definition) is 2. The maximum atomic E-state index is 3.52. The Morgan fingerprint density at radius 3 is 2.73 bits per heavy atom. The number of hydrogen-bond donors (Lipinski definition) is 2. The summed E-state index contributed by atoms with van der Waals surface area (Å²) in [6.07, 6.45) is 2.89. The van der Waals surface area contributed by atoms with Crippen LogP contribution in [0.4, 0.5) is 0 Å².